The lowest BCUT2D eigenvalue weighted by atomic mass is 10.3. The zero-order valence-corrected chi connectivity index (χ0v) is 7.78. The molecule has 0 amide bonds. The molecule has 1 N–H and O–H groups in total. The molecule has 0 bridgehead atoms. The molecule has 0 aromatic heterocycles. The fourth-order valence-electron chi connectivity index (χ4n) is 0.898. The van der Waals surface area contributed by atoms with E-state index in [4.69, 9.17) is 11.6 Å². The second-order valence-electron chi connectivity index (χ2n) is 2.49. The summed E-state index contributed by atoms with van der Waals surface area (Å²) in [6.07, 6.45) is 1.48. The Hall–Kier alpha value is -1.16. The predicted molar refractivity (Wildman–Crippen MR) is 49.8 cm³/mol. The topological polar surface area (TPSA) is 12.0 Å². The minimum absolute atomic E-state index is 0.198. The average molecular weight is 222 g/mol. The van der Waals surface area contributed by atoms with Gasteiger partial charge in [-0.25, -0.2) is 13.2 Å². The molecule has 0 atom stereocenters. The van der Waals surface area contributed by atoms with E-state index in [1.54, 1.807) is 0 Å². The van der Waals surface area contributed by atoms with Gasteiger partial charge in [0.2, 0.25) is 0 Å². The van der Waals surface area contributed by atoms with Gasteiger partial charge >= 0.3 is 0 Å². The number of hydrogen-bond donors (Lipinski definition) is 1. The van der Waals surface area contributed by atoms with Crippen molar-refractivity contribution in [3.05, 3.63) is 41.2 Å². The molecule has 0 fully saturated rings. The Bertz CT molecular complexity index is 352. The maximum atomic E-state index is 12.9. The van der Waals surface area contributed by atoms with Gasteiger partial charge in [0, 0.05) is 24.2 Å². The molecule has 0 aliphatic rings. The first kappa shape index (κ1) is 10.9. The van der Waals surface area contributed by atoms with Crippen molar-refractivity contribution in [2.45, 2.75) is 0 Å². The van der Waals surface area contributed by atoms with Gasteiger partial charge in [-0.05, 0) is 0 Å². The zero-order chi connectivity index (χ0) is 10.6. The highest BCUT2D eigenvalue weighted by atomic mass is 35.5. The molecule has 0 spiro atoms. The number of benzene rings is 1. The lowest BCUT2D eigenvalue weighted by Crippen LogP contribution is -2.02. The Kier molecular flexibility index (Phi) is 3.83. The molecular formula is C9H7ClF3N. The molecule has 0 unspecified atom stereocenters. The van der Waals surface area contributed by atoms with Gasteiger partial charge < -0.3 is 5.32 Å². The highest BCUT2D eigenvalue weighted by Gasteiger charge is 2.09. The van der Waals surface area contributed by atoms with Crippen LogP contribution in [0.5, 0.6) is 0 Å². The van der Waals surface area contributed by atoms with Crippen LogP contribution in [0.25, 0.3) is 0 Å². The number of halogens is 4. The van der Waals surface area contributed by atoms with E-state index in [0.29, 0.717) is 6.07 Å². The van der Waals surface area contributed by atoms with Crippen LogP contribution in [0, 0.1) is 17.5 Å². The summed E-state index contributed by atoms with van der Waals surface area (Å²) < 4.78 is 38.2. The summed E-state index contributed by atoms with van der Waals surface area (Å²) in [5.74, 6) is -3.15. The minimum Gasteiger partial charge on any atom is -0.379 e. The zero-order valence-electron chi connectivity index (χ0n) is 7.03. The van der Waals surface area contributed by atoms with Crippen LogP contribution in [0.3, 0.4) is 0 Å². The van der Waals surface area contributed by atoms with Crippen LogP contribution in [0.15, 0.2) is 23.7 Å². The summed E-state index contributed by atoms with van der Waals surface area (Å²) in [7, 11) is 0. The van der Waals surface area contributed by atoms with E-state index in [2.05, 4.69) is 5.32 Å². The normalized spacial score (nSPS) is 10.9. The minimum atomic E-state index is -1.22. The van der Waals surface area contributed by atoms with Crippen molar-refractivity contribution in [1.82, 2.24) is 0 Å². The second-order valence-corrected chi connectivity index (χ2v) is 2.74. The highest BCUT2D eigenvalue weighted by Crippen LogP contribution is 2.18. The van der Waals surface area contributed by atoms with Crippen LogP contribution in [0.4, 0.5) is 18.9 Å². The molecule has 0 aliphatic carbocycles. The molecule has 0 heterocycles. The molecule has 1 nitrogen and oxygen atoms in total. The molecule has 76 valence electrons. The number of rotatable bonds is 3. The third-order valence-corrected chi connectivity index (χ3v) is 1.67. The quantitative estimate of drug-likeness (QED) is 0.773. The van der Waals surface area contributed by atoms with Crippen molar-refractivity contribution in [2.75, 3.05) is 11.9 Å². The average Bonchev–Trinajstić information content (AvgIpc) is 2.13. The van der Waals surface area contributed by atoms with E-state index in [1.165, 1.54) is 11.6 Å². The van der Waals surface area contributed by atoms with Crippen molar-refractivity contribution < 1.29 is 13.2 Å². The van der Waals surface area contributed by atoms with Crippen LogP contribution in [0.1, 0.15) is 0 Å². The summed E-state index contributed by atoms with van der Waals surface area (Å²) in [6.45, 7) is 0.198. The molecule has 5 heteroatoms. The molecule has 0 saturated carbocycles. The van der Waals surface area contributed by atoms with Gasteiger partial charge in [-0.1, -0.05) is 17.7 Å². The Balaban J connectivity index is 2.85. The first-order chi connectivity index (χ1) is 6.65. The molecule has 14 heavy (non-hydrogen) atoms. The molecule has 1 aromatic rings. The Morgan fingerprint density at radius 3 is 2.64 bits per heavy atom. The van der Waals surface area contributed by atoms with E-state index in [-0.39, 0.29) is 12.2 Å². The van der Waals surface area contributed by atoms with E-state index < -0.39 is 17.5 Å². The molecule has 0 aliphatic heterocycles. The van der Waals surface area contributed by atoms with Gasteiger partial charge in [-0.15, -0.1) is 0 Å². The van der Waals surface area contributed by atoms with Gasteiger partial charge in [0.05, 0.1) is 5.69 Å². The van der Waals surface area contributed by atoms with Crippen molar-refractivity contribution in [1.29, 1.82) is 0 Å². The largest absolute Gasteiger partial charge is 0.379 e. The van der Waals surface area contributed by atoms with Crippen molar-refractivity contribution in [3.63, 3.8) is 0 Å². The van der Waals surface area contributed by atoms with Crippen LogP contribution in [-0.2, 0) is 0 Å². The highest BCUT2D eigenvalue weighted by molar-refractivity contribution is 6.25. The fraction of sp³-hybridized carbons (Fsp3) is 0.111. The second kappa shape index (κ2) is 4.91. The van der Waals surface area contributed by atoms with Crippen molar-refractivity contribution >= 4 is 17.3 Å². The first-order valence-electron chi connectivity index (χ1n) is 3.79. The Labute approximate surface area is 84.2 Å². The van der Waals surface area contributed by atoms with Gasteiger partial charge in [0.1, 0.15) is 5.82 Å². The van der Waals surface area contributed by atoms with E-state index in [0.717, 1.165) is 6.07 Å². The first-order valence-corrected chi connectivity index (χ1v) is 4.22. The molecule has 1 rings (SSSR count). The van der Waals surface area contributed by atoms with Gasteiger partial charge in [0.15, 0.2) is 11.6 Å². The summed E-state index contributed by atoms with van der Waals surface area (Å²) in [5, 5.41) is 2.47. The lowest BCUT2D eigenvalue weighted by Gasteiger charge is -2.05. The van der Waals surface area contributed by atoms with Gasteiger partial charge in [-0.2, -0.15) is 0 Å². The maximum Gasteiger partial charge on any atom is 0.182 e. The van der Waals surface area contributed by atoms with E-state index in [9.17, 15) is 13.2 Å². The van der Waals surface area contributed by atoms with Crippen molar-refractivity contribution in [3.8, 4) is 0 Å². The van der Waals surface area contributed by atoms with E-state index in [1.807, 2.05) is 0 Å². The predicted octanol–water partition coefficient (Wildman–Crippen LogP) is 3.27. The van der Waals surface area contributed by atoms with Gasteiger partial charge in [-0.3, -0.25) is 0 Å². The smallest absolute Gasteiger partial charge is 0.182 e. The standard InChI is InChI=1S/C9H7ClF3N/c10-2-1-3-14-8-5-6(11)4-7(12)9(8)13/h1-2,4-5,14H,3H2/b2-1+. The molecule has 1 aromatic carbocycles. The van der Waals surface area contributed by atoms with Crippen molar-refractivity contribution in [2.24, 2.45) is 0 Å². The third kappa shape index (κ3) is 2.67. The van der Waals surface area contributed by atoms with E-state index >= 15 is 0 Å². The van der Waals surface area contributed by atoms with Crippen LogP contribution < -0.4 is 5.32 Å². The monoisotopic (exact) mass is 221 g/mol. The van der Waals surface area contributed by atoms with Crippen LogP contribution in [-0.4, -0.2) is 6.54 Å². The summed E-state index contributed by atoms with van der Waals surface area (Å²) >= 11 is 5.21. The number of nitrogens with one attached hydrogen (secondary N) is 1. The maximum absolute atomic E-state index is 12.9. The third-order valence-electron chi connectivity index (χ3n) is 1.49. The molecular weight excluding hydrogens is 215 g/mol. The lowest BCUT2D eigenvalue weighted by molar-refractivity contribution is 0.497. The summed E-state index contributed by atoms with van der Waals surface area (Å²) in [6, 6.07) is 1.36. The molecule has 0 saturated heterocycles. The number of anilines is 1. The molecule has 0 radical (unpaired) electrons. The SMILES string of the molecule is Fc1cc(F)c(F)c(NC/C=C/Cl)c1. The summed E-state index contributed by atoms with van der Waals surface area (Å²) in [5.41, 5.74) is 0.998. The summed E-state index contributed by atoms with van der Waals surface area (Å²) in [4.78, 5) is 0. The Morgan fingerprint density at radius 1 is 1.29 bits per heavy atom. The Morgan fingerprint density at radius 2 is 2.00 bits per heavy atom. The fourth-order valence-corrected chi connectivity index (χ4v) is 0.987. The van der Waals surface area contributed by atoms with Gasteiger partial charge in [0.25, 0.3) is 0 Å². The van der Waals surface area contributed by atoms with Crippen LogP contribution >= 0.6 is 11.6 Å². The van der Waals surface area contributed by atoms with Crippen LogP contribution in [0.2, 0.25) is 0 Å². The number of hydrogen-bond acceptors (Lipinski definition) is 1.